The summed E-state index contributed by atoms with van der Waals surface area (Å²) in [6.07, 6.45) is 4.53. The highest BCUT2D eigenvalue weighted by Crippen LogP contribution is 2.35. The lowest BCUT2D eigenvalue weighted by Crippen LogP contribution is -2.75. The lowest BCUT2D eigenvalue weighted by Gasteiger charge is -2.52. The first-order valence-electron chi connectivity index (χ1n) is 13.1. The van der Waals surface area contributed by atoms with Gasteiger partial charge in [-0.15, -0.1) is 0 Å². The number of unbranched alkanes of at least 4 members (excludes halogenated alkanes) is 1. The van der Waals surface area contributed by atoms with Gasteiger partial charge in [0.05, 0.1) is 12.4 Å². The predicted molar refractivity (Wildman–Crippen MR) is 141 cm³/mol. The van der Waals surface area contributed by atoms with Gasteiger partial charge in [-0.1, -0.05) is 52.2 Å². The van der Waals surface area contributed by atoms with Crippen LogP contribution in [0.25, 0.3) is 0 Å². The molecule has 2 atom stereocenters. The molecule has 10 heteroatoms. The Morgan fingerprint density at radius 1 is 1.11 bits per heavy atom. The number of hydrogen-bond donors (Lipinski definition) is 3. The molecule has 2 fully saturated rings. The summed E-state index contributed by atoms with van der Waals surface area (Å²) in [5.41, 5.74) is 0.689. The standard InChI is InChI=1S/C26H42N4O5S/c1-5-8-15-30-24(32)22(23(31)20(6-2)7-3)27-25(33)26(30)13-16-29(17-14-26)18-19-9-11-21(12-10-19)28-36(4,34)35/h9-12,20,22-23,28,31H,5-8,13-18H2,1-4H3,(H,27,33)/t22-,23-/m1/s1. The second-order valence-corrected chi connectivity index (χ2v) is 12.0. The minimum Gasteiger partial charge on any atom is -0.390 e. The van der Waals surface area contributed by atoms with Gasteiger partial charge in [-0.3, -0.25) is 19.2 Å². The maximum Gasteiger partial charge on any atom is 0.248 e. The third-order valence-electron chi connectivity index (χ3n) is 7.71. The van der Waals surface area contributed by atoms with E-state index in [1.54, 1.807) is 17.0 Å². The Hall–Kier alpha value is -2.17. The second-order valence-electron chi connectivity index (χ2n) is 10.2. The topological polar surface area (TPSA) is 119 Å². The molecule has 36 heavy (non-hydrogen) atoms. The van der Waals surface area contributed by atoms with Gasteiger partial charge in [0.25, 0.3) is 0 Å². The molecule has 2 saturated heterocycles. The van der Waals surface area contributed by atoms with Crippen molar-refractivity contribution in [1.82, 2.24) is 15.1 Å². The fourth-order valence-electron chi connectivity index (χ4n) is 5.48. The first-order valence-corrected chi connectivity index (χ1v) is 15.0. The number of sulfonamides is 1. The number of nitrogens with one attached hydrogen (secondary N) is 2. The molecule has 0 unspecified atom stereocenters. The van der Waals surface area contributed by atoms with Gasteiger partial charge in [0.1, 0.15) is 11.6 Å². The van der Waals surface area contributed by atoms with Gasteiger partial charge in [-0.25, -0.2) is 8.42 Å². The van der Waals surface area contributed by atoms with Gasteiger partial charge in [0.2, 0.25) is 21.8 Å². The number of anilines is 1. The molecular formula is C26H42N4O5S. The highest BCUT2D eigenvalue weighted by Gasteiger charge is 2.55. The molecule has 3 N–H and O–H groups in total. The van der Waals surface area contributed by atoms with Gasteiger partial charge in [0, 0.05) is 31.9 Å². The van der Waals surface area contributed by atoms with Gasteiger partial charge >= 0.3 is 0 Å². The van der Waals surface area contributed by atoms with Crippen molar-refractivity contribution in [3.05, 3.63) is 29.8 Å². The van der Waals surface area contributed by atoms with E-state index in [1.807, 2.05) is 26.0 Å². The molecule has 0 aromatic heterocycles. The van der Waals surface area contributed by atoms with E-state index in [2.05, 4.69) is 21.9 Å². The minimum atomic E-state index is -3.32. The van der Waals surface area contributed by atoms with E-state index in [0.717, 1.165) is 37.5 Å². The number of piperidine rings is 1. The average molecular weight is 523 g/mol. The molecule has 2 aliphatic rings. The summed E-state index contributed by atoms with van der Waals surface area (Å²) in [6, 6.07) is 6.39. The van der Waals surface area contributed by atoms with Gasteiger partial charge in [0.15, 0.2) is 0 Å². The zero-order valence-corrected chi connectivity index (χ0v) is 22.8. The molecule has 9 nitrogen and oxygen atoms in total. The van der Waals surface area contributed by atoms with Crippen molar-refractivity contribution in [2.75, 3.05) is 30.6 Å². The van der Waals surface area contributed by atoms with Crippen LogP contribution in [0.15, 0.2) is 24.3 Å². The Balaban J connectivity index is 1.71. The zero-order chi connectivity index (χ0) is 26.5. The van der Waals surface area contributed by atoms with E-state index >= 15 is 0 Å². The summed E-state index contributed by atoms with van der Waals surface area (Å²) >= 11 is 0. The number of piperazine rings is 1. The van der Waals surface area contributed by atoms with Crippen molar-refractivity contribution in [2.24, 2.45) is 5.92 Å². The number of benzene rings is 1. The molecule has 2 amide bonds. The van der Waals surface area contributed by atoms with Crippen molar-refractivity contribution in [3.63, 3.8) is 0 Å². The Labute approximate surface area is 215 Å². The first-order chi connectivity index (χ1) is 17.0. The summed E-state index contributed by atoms with van der Waals surface area (Å²) in [5, 5.41) is 13.8. The van der Waals surface area contributed by atoms with Crippen molar-refractivity contribution in [2.45, 2.75) is 83.5 Å². The van der Waals surface area contributed by atoms with E-state index in [-0.39, 0.29) is 17.7 Å². The largest absolute Gasteiger partial charge is 0.390 e. The predicted octanol–water partition coefficient (Wildman–Crippen LogP) is 2.32. The third-order valence-corrected chi connectivity index (χ3v) is 8.32. The Bertz CT molecular complexity index is 1000. The number of aliphatic hydroxyl groups is 1. The number of amides is 2. The number of aliphatic hydroxyl groups excluding tert-OH is 1. The van der Waals surface area contributed by atoms with Crippen molar-refractivity contribution in [1.29, 1.82) is 0 Å². The van der Waals surface area contributed by atoms with Crippen LogP contribution in [0.2, 0.25) is 0 Å². The zero-order valence-electron chi connectivity index (χ0n) is 22.0. The number of carbonyl (C=O) groups is 2. The van der Waals surface area contributed by atoms with Crippen LogP contribution in [0.1, 0.15) is 64.9 Å². The SMILES string of the molecule is CCCCN1C(=O)[C@@H]([C@H](O)C(CC)CC)NC(=O)C12CCN(Cc1ccc(NS(C)(=O)=O)cc1)CC2. The van der Waals surface area contributed by atoms with Gasteiger partial charge < -0.3 is 15.3 Å². The van der Waals surface area contributed by atoms with E-state index in [4.69, 9.17) is 0 Å². The average Bonchev–Trinajstić information content (AvgIpc) is 2.83. The Morgan fingerprint density at radius 3 is 2.25 bits per heavy atom. The van der Waals surface area contributed by atoms with Crippen LogP contribution < -0.4 is 10.0 Å². The van der Waals surface area contributed by atoms with E-state index < -0.39 is 27.7 Å². The maximum absolute atomic E-state index is 13.6. The second kappa shape index (κ2) is 11.9. The highest BCUT2D eigenvalue weighted by molar-refractivity contribution is 7.92. The molecule has 0 aliphatic carbocycles. The summed E-state index contributed by atoms with van der Waals surface area (Å²) in [4.78, 5) is 31.2. The van der Waals surface area contributed by atoms with Crippen molar-refractivity contribution < 1.29 is 23.1 Å². The molecule has 0 bridgehead atoms. The van der Waals surface area contributed by atoms with Crippen LogP contribution >= 0.6 is 0 Å². The molecule has 0 radical (unpaired) electrons. The van der Waals surface area contributed by atoms with Crippen LogP contribution in [0.4, 0.5) is 5.69 Å². The molecule has 0 saturated carbocycles. The van der Waals surface area contributed by atoms with Crippen LogP contribution in [0, 0.1) is 5.92 Å². The monoisotopic (exact) mass is 522 g/mol. The van der Waals surface area contributed by atoms with E-state index in [9.17, 15) is 23.1 Å². The fourth-order valence-corrected chi connectivity index (χ4v) is 6.05. The summed E-state index contributed by atoms with van der Waals surface area (Å²) in [5.74, 6) is -0.351. The van der Waals surface area contributed by atoms with E-state index in [0.29, 0.717) is 44.7 Å². The molecule has 202 valence electrons. The lowest BCUT2D eigenvalue weighted by atomic mass is 9.79. The third kappa shape index (κ3) is 6.39. The number of likely N-dealkylation sites (tertiary alicyclic amines) is 1. The summed E-state index contributed by atoms with van der Waals surface area (Å²) in [6.45, 7) is 8.57. The molecule has 1 spiro atoms. The van der Waals surface area contributed by atoms with E-state index in [1.165, 1.54) is 0 Å². The summed E-state index contributed by atoms with van der Waals surface area (Å²) < 4.78 is 25.3. The molecular weight excluding hydrogens is 480 g/mol. The molecule has 1 aromatic carbocycles. The molecule has 3 rings (SSSR count). The Kier molecular flexibility index (Phi) is 9.40. The van der Waals surface area contributed by atoms with Gasteiger partial charge in [-0.05, 0) is 42.9 Å². The van der Waals surface area contributed by atoms with Crippen LogP contribution in [-0.2, 0) is 26.2 Å². The number of carbonyl (C=O) groups excluding carboxylic acids is 2. The number of hydrogen-bond acceptors (Lipinski definition) is 6. The number of nitrogens with zero attached hydrogens (tertiary/aromatic N) is 2. The Morgan fingerprint density at radius 2 is 1.72 bits per heavy atom. The first kappa shape index (κ1) is 28.4. The highest BCUT2D eigenvalue weighted by atomic mass is 32.2. The minimum absolute atomic E-state index is 0.0396. The lowest BCUT2D eigenvalue weighted by molar-refractivity contribution is -0.165. The molecule has 2 heterocycles. The normalized spacial score (nSPS) is 21.6. The maximum atomic E-state index is 13.6. The summed E-state index contributed by atoms with van der Waals surface area (Å²) in [7, 11) is -3.32. The fraction of sp³-hybridized carbons (Fsp3) is 0.692. The van der Waals surface area contributed by atoms with Crippen molar-refractivity contribution in [3.8, 4) is 0 Å². The van der Waals surface area contributed by atoms with Crippen LogP contribution in [-0.4, -0.2) is 78.7 Å². The number of rotatable bonds is 11. The van der Waals surface area contributed by atoms with Crippen LogP contribution in [0.3, 0.4) is 0 Å². The molecule has 2 aliphatic heterocycles. The smallest absolute Gasteiger partial charge is 0.248 e. The van der Waals surface area contributed by atoms with Gasteiger partial charge in [-0.2, -0.15) is 0 Å². The van der Waals surface area contributed by atoms with Crippen LogP contribution in [0.5, 0.6) is 0 Å². The molecule has 1 aromatic rings. The van der Waals surface area contributed by atoms with Crippen molar-refractivity contribution >= 4 is 27.5 Å². The quantitative estimate of drug-likeness (QED) is 0.410.